The number of fused-ring (bicyclic) bond motifs is 3. The maximum Gasteiger partial charge on any atom is 0.355 e. The quantitative estimate of drug-likeness (QED) is 0.0934. The minimum absolute atomic E-state index is 0.0361. The number of rotatable bonds is 13. The molecule has 16 heteroatoms. The van der Waals surface area contributed by atoms with E-state index in [1.54, 1.807) is 0 Å². The van der Waals surface area contributed by atoms with E-state index >= 15 is 0 Å². The van der Waals surface area contributed by atoms with Gasteiger partial charge in [-0.05, 0) is 126 Å². The summed E-state index contributed by atoms with van der Waals surface area (Å²) in [5.74, 6) is -0.432. The summed E-state index contributed by atoms with van der Waals surface area (Å²) >= 11 is 1.43. The lowest BCUT2D eigenvalue weighted by Crippen LogP contribution is -2.46. The number of aromatic carboxylic acids is 1. The Labute approximate surface area is 445 Å². The number of nitrogens with zero attached hydrogens (tertiary/aromatic N) is 7. The summed E-state index contributed by atoms with van der Waals surface area (Å²) in [7, 11) is 1.93. The van der Waals surface area contributed by atoms with Crippen LogP contribution < -0.4 is 25.2 Å². The smallest absolute Gasteiger partial charge is 0.355 e. The summed E-state index contributed by atoms with van der Waals surface area (Å²) in [4.78, 5) is 68.3. The van der Waals surface area contributed by atoms with E-state index in [0.717, 1.165) is 106 Å². The van der Waals surface area contributed by atoms with Gasteiger partial charge in [-0.1, -0.05) is 92.8 Å². The third-order valence-corrected chi connectivity index (χ3v) is 16.1. The zero-order valence-corrected chi connectivity index (χ0v) is 44.3. The maximum atomic E-state index is 13.8. The number of ether oxygens (including phenoxy) is 1. The highest BCUT2D eigenvalue weighted by Gasteiger charge is 2.34. The van der Waals surface area contributed by atoms with Gasteiger partial charge in [0.2, 0.25) is 11.8 Å². The van der Waals surface area contributed by atoms with E-state index in [1.165, 1.54) is 16.9 Å². The fourth-order valence-corrected chi connectivity index (χ4v) is 12.0. The van der Waals surface area contributed by atoms with E-state index in [9.17, 15) is 24.3 Å². The molecule has 5 aromatic carbocycles. The third kappa shape index (κ3) is 10.0. The van der Waals surface area contributed by atoms with Gasteiger partial charge >= 0.3 is 5.97 Å². The number of nitrogens with one attached hydrogen (secondary N) is 2. The highest BCUT2D eigenvalue weighted by molar-refractivity contribution is 7.22. The van der Waals surface area contributed by atoms with Crippen LogP contribution in [-0.2, 0) is 41.4 Å². The minimum atomic E-state index is -1.12. The number of para-hydroxylation sites is 2. The van der Waals surface area contributed by atoms with Crippen molar-refractivity contribution in [2.75, 3.05) is 54.4 Å². The first-order chi connectivity index (χ1) is 36.7. The van der Waals surface area contributed by atoms with E-state index in [-0.39, 0.29) is 23.4 Å². The van der Waals surface area contributed by atoms with Crippen LogP contribution >= 0.6 is 11.3 Å². The first-order valence-electron chi connectivity index (χ1n) is 26.1. The molecule has 6 heterocycles. The summed E-state index contributed by atoms with van der Waals surface area (Å²) < 4.78 is 9.42. The maximum absolute atomic E-state index is 13.8. The van der Waals surface area contributed by atoms with Crippen LogP contribution in [0.4, 0.5) is 16.6 Å². The van der Waals surface area contributed by atoms with Crippen molar-refractivity contribution in [1.29, 1.82) is 0 Å². The monoisotopic (exact) mass is 1040 g/mol. The van der Waals surface area contributed by atoms with Gasteiger partial charge in [-0.2, -0.15) is 5.10 Å². The minimum Gasteiger partial charge on any atom is -0.476 e. The van der Waals surface area contributed by atoms with E-state index in [0.29, 0.717) is 65.9 Å². The summed E-state index contributed by atoms with van der Waals surface area (Å²) in [5.41, 5.74) is 9.87. The first kappa shape index (κ1) is 50.2. The number of thiazole rings is 1. The number of carbonyl (C=O) groups excluding carboxylic acids is 3. The summed E-state index contributed by atoms with van der Waals surface area (Å²) in [6.45, 7) is 13.8. The molecule has 388 valence electrons. The molecule has 2 fully saturated rings. The van der Waals surface area contributed by atoms with Crippen LogP contribution in [0.2, 0.25) is 0 Å². The number of benzene rings is 5. The number of aromatic nitrogens is 4. The predicted molar refractivity (Wildman–Crippen MR) is 298 cm³/mol. The molecule has 1 atom stereocenters. The molecule has 76 heavy (non-hydrogen) atoms. The summed E-state index contributed by atoms with van der Waals surface area (Å²) in [6, 6.07) is 35.8. The number of hydrogen-bond acceptors (Lipinski definition) is 12. The lowest BCUT2D eigenvalue weighted by atomic mass is 9.80. The Kier molecular flexibility index (Phi) is 13.6. The molecular weight excluding hydrogens is 975 g/mol. The molecule has 3 N–H and O–H groups in total. The van der Waals surface area contributed by atoms with Crippen molar-refractivity contribution in [3.8, 4) is 22.6 Å². The average Bonchev–Trinajstić information content (AvgIpc) is 4.03. The molecule has 3 amide bonds. The van der Waals surface area contributed by atoms with Crippen LogP contribution in [0.25, 0.3) is 32.2 Å². The second-order valence-electron chi connectivity index (χ2n) is 21.2. The second kappa shape index (κ2) is 20.6. The number of aryl methyl sites for hydroxylation is 2. The van der Waals surface area contributed by atoms with Crippen molar-refractivity contribution in [3.05, 3.63) is 154 Å². The van der Waals surface area contributed by atoms with Crippen LogP contribution in [0.1, 0.15) is 100 Å². The van der Waals surface area contributed by atoms with Crippen molar-refractivity contribution in [3.63, 3.8) is 0 Å². The molecule has 15 nitrogen and oxygen atoms in total. The molecule has 2 saturated heterocycles. The Morgan fingerprint density at radius 2 is 1.64 bits per heavy atom. The largest absolute Gasteiger partial charge is 0.476 e. The number of piperidine rings is 1. The van der Waals surface area contributed by atoms with Crippen molar-refractivity contribution >= 4 is 72.8 Å². The molecule has 3 aliphatic rings. The number of anilines is 3. The van der Waals surface area contributed by atoms with Gasteiger partial charge in [0.05, 0.1) is 33.0 Å². The van der Waals surface area contributed by atoms with Crippen molar-refractivity contribution in [1.82, 2.24) is 30.0 Å². The molecule has 1 unspecified atom stereocenters. The molecule has 0 aliphatic carbocycles. The van der Waals surface area contributed by atoms with Gasteiger partial charge in [0.25, 0.3) is 5.91 Å². The van der Waals surface area contributed by atoms with Crippen molar-refractivity contribution < 1.29 is 29.0 Å². The van der Waals surface area contributed by atoms with Crippen LogP contribution in [0, 0.1) is 6.92 Å². The molecule has 3 aromatic heterocycles. The number of carboxylic acid groups (broad SMARTS) is 1. The lowest BCUT2D eigenvalue weighted by molar-refractivity contribution is -0.134. The highest BCUT2D eigenvalue weighted by atomic mass is 32.1. The number of pyridine rings is 1. The predicted octanol–water partition coefficient (Wildman–Crippen LogP) is 10.4. The van der Waals surface area contributed by atoms with Gasteiger partial charge in [0, 0.05) is 69.3 Å². The molecule has 0 radical (unpaired) electrons. The number of carboxylic acids is 1. The molecule has 8 aromatic rings. The van der Waals surface area contributed by atoms with E-state index in [1.807, 2.05) is 104 Å². The van der Waals surface area contributed by atoms with Crippen LogP contribution in [-0.4, -0.2) is 92.7 Å². The van der Waals surface area contributed by atoms with Gasteiger partial charge in [-0.25, -0.2) is 14.8 Å². The number of piperazine rings is 1. The Bertz CT molecular complexity index is 3540. The van der Waals surface area contributed by atoms with Crippen LogP contribution in [0.5, 0.6) is 11.5 Å². The third-order valence-electron chi connectivity index (χ3n) is 15.2. The number of amides is 3. The molecule has 0 bridgehead atoms. The average molecular weight is 1040 g/mol. The summed E-state index contributed by atoms with van der Waals surface area (Å²) in [6.07, 6.45) is 3.39. The lowest BCUT2D eigenvalue weighted by Gasteiger charge is -2.36. The Morgan fingerprint density at radius 1 is 0.868 bits per heavy atom. The van der Waals surface area contributed by atoms with Gasteiger partial charge in [0.15, 0.2) is 10.8 Å². The normalized spacial score (nSPS) is 16.2. The van der Waals surface area contributed by atoms with Gasteiger partial charge in [-0.15, -0.1) is 0 Å². The highest BCUT2D eigenvalue weighted by Crippen LogP contribution is 2.43. The van der Waals surface area contributed by atoms with Crippen molar-refractivity contribution in [2.45, 2.75) is 77.7 Å². The Morgan fingerprint density at radius 3 is 2.41 bits per heavy atom. The van der Waals surface area contributed by atoms with Gasteiger partial charge in [-0.3, -0.25) is 34.6 Å². The van der Waals surface area contributed by atoms with Crippen molar-refractivity contribution in [2.24, 2.45) is 7.05 Å². The molecular formula is C60H61N9O6S. The fraction of sp³-hybridized carbons (Fsp3) is 0.317. The first-order valence-corrected chi connectivity index (χ1v) is 26.9. The second-order valence-corrected chi connectivity index (χ2v) is 22.2. The molecule has 3 aliphatic heterocycles. The zero-order valence-electron chi connectivity index (χ0n) is 43.5. The molecule has 0 saturated carbocycles. The topological polar surface area (TPSA) is 175 Å². The van der Waals surface area contributed by atoms with E-state index in [2.05, 4.69) is 75.4 Å². The van der Waals surface area contributed by atoms with E-state index in [4.69, 9.17) is 14.8 Å². The van der Waals surface area contributed by atoms with E-state index < -0.39 is 17.3 Å². The molecule has 0 spiro atoms. The number of imide groups is 1. The number of carbonyl (C=O) groups is 4. The fourth-order valence-electron chi connectivity index (χ4n) is 11.2. The summed E-state index contributed by atoms with van der Waals surface area (Å²) in [5, 5.41) is 22.7. The van der Waals surface area contributed by atoms with Crippen LogP contribution in [0.3, 0.4) is 0 Å². The Balaban J connectivity index is 0.743. The zero-order chi connectivity index (χ0) is 52.8. The number of hydrogen-bond donors (Lipinski definition) is 3. The SMILES string of the molecule is Cc1c(Oc2ccc(CCCN3CCN(c4cccc5c(C6CCC(=O)NC6=O)nn(C)c45)CC3)cc2)cccc1-c1c(C(C)(C)C)cc(N2CCc3cccc(C(=O)Nc4nc5ccccc5s4)c3C2)nc1C(=O)O. The standard InChI is InChI=1S/C60H61N9O6S/c1-36-40(52-45(60(2,3)4)34-50(62-54(52)58(73)74)69-29-27-38-13-8-15-41(44(38)35-69)56(71)64-59-61-46-17-6-7-20-49(46)76-59)14-10-19-48(36)75-39-23-21-37(22-24-39)12-11-28-67-30-32-68(33-31-67)47-18-9-16-42-53(65-66(5)55(42)47)43-25-26-51(70)63-57(43)72/h6-10,13-24,34,43H,11-12,25-33,35H2,1-5H3,(H,73,74)(H,61,64,71)(H,63,70,72). The van der Waals surface area contributed by atoms with Gasteiger partial charge in [0.1, 0.15) is 17.3 Å². The van der Waals surface area contributed by atoms with Gasteiger partial charge < -0.3 is 19.6 Å². The Hall–Kier alpha value is -7.95. The molecule has 11 rings (SSSR count). The van der Waals surface area contributed by atoms with Crippen LogP contribution in [0.15, 0.2) is 109 Å².